The van der Waals surface area contributed by atoms with Crippen LogP contribution in [0, 0.1) is 23.7 Å². The van der Waals surface area contributed by atoms with Crippen LogP contribution in [0.1, 0.15) is 151 Å². The second-order valence-electron chi connectivity index (χ2n) is 16.2. The fraction of sp³-hybridized carbons (Fsp3) is 0.750. The lowest BCUT2D eigenvalue weighted by Crippen LogP contribution is -2.52. The van der Waals surface area contributed by atoms with E-state index in [9.17, 15) is 34.8 Å². The molecule has 1 amide bonds. The first-order valence-electron chi connectivity index (χ1n) is 20.6. The van der Waals surface area contributed by atoms with Gasteiger partial charge in [-0.25, -0.2) is 4.79 Å². The lowest BCUT2D eigenvalue weighted by atomic mass is 9.81. The number of Topliss-reactive ketones (excluding diaryl/α,β-unsaturated/α-hetero) is 1. The molecule has 0 aromatic carbocycles. The van der Waals surface area contributed by atoms with E-state index in [0.717, 1.165) is 95.0 Å². The SMILES string of the molecule is CC/C(C)=C/C=C/C=C/CCC(C)C(=O)CC(O)/C(C)=C/CC[C@H](C)CC1CCC(O)CC1.CC1CCCOC1(O)CC(=O)N1CCCCC1C(=O)O. The van der Waals surface area contributed by atoms with Gasteiger partial charge in [0.25, 0.3) is 0 Å². The van der Waals surface area contributed by atoms with Crippen molar-refractivity contribution in [2.45, 2.75) is 175 Å². The number of nitrogens with zero attached hydrogens (tertiary/aromatic N) is 1. The third kappa shape index (κ3) is 17.6. The van der Waals surface area contributed by atoms with Crippen LogP contribution in [0.15, 0.2) is 47.6 Å². The van der Waals surface area contributed by atoms with E-state index >= 15 is 0 Å². The number of ketones is 1. The average Bonchev–Trinajstić information content (AvgIpc) is 3.13. The zero-order valence-electron chi connectivity index (χ0n) is 33.8. The van der Waals surface area contributed by atoms with Crippen LogP contribution < -0.4 is 0 Å². The third-order valence-corrected chi connectivity index (χ3v) is 11.6. The second kappa shape index (κ2) is 24.7. The molecule has 0 aromatic heterocycles. The third-order valence-electron chi connectivity index (χ3n) is 11.6. The highest BCUT2D eigenvalue weighted by atomic mass is 16.6. The number of allylic oxidation sites excluding steroid dienone is 7. The van der Waals surface area contributed by atoms with E-state index in [4.69, 9.17) is 4.74 Å². The van der Waals surface area contributed by atoms with E-state index in [1.807, 2.05) is 32.9 Å². The van der Waals surface area contributed by atoms with Gasteiger partial charge < -0.3 is 30.1 Å². The first-order valence-corrected chi connectivity index (χ1v) is 20.6. The van der Waals surface area contributed by atoms with Crippen molar-refractivity contribution in [2.75, 3.05) is 13.2 Å². The molecule has 53 heavy (non-hydrogen) atoms. The van der Waals surface area contributed by atoms with Gasteiger partial charge in [-0.3, -0.25) is 9.59 Å². The van der Waals surface area contributed by atoms with Gasteiger partial charge in [-0.2, -0.15) is 0 Å². The topological polar surface area (TPSA) is 145 Å². The molecule has 0 spiro atoms. The van der Waals surface area contributed by atoms with Crippen molar-refractivity contribution in [3.05, 3.63) is 47.6 Å². The Morgan fingerprint density at radius 2 is 1.66 bits per heavy atom. The molecule has 2 aliphatic heterocycles. The molecule has 4 N–H and O–H groups in total. The fourth-order valence-electron chi connectivity index (χ4n) is 7.47. The van der Waals surface area contributed by atoms with Crippen LogP contribution in [0.5, 0.6) is 0 Å². The Balaban J connectivity index is 0.000000412. The Hall–Kier alpha value is -2.59. The summed E-state index contributed by atoms with van der Waals surface area (Å²) in [5.74, 6) is -1.33. The number of amides is 1. The first kappa shape index (κ1) is 46.6. The maximum atomic E-state index is 12.5. The predicted octanol–water partition coefficient (Wildman–Crippen LogP) is 8.47. The summed E-state index contributed by atoms with van der Waals surface area (Å²) in [6.07, 6.45) is 25.9. The van der Waals surface area contributed by atoms with Crippen molar-refractivity contribution in [3.8, 4) is 0 Å². The van der Waals surface area contributed by atoms with E-state index in [-0.39, 0.29) is 42.5 Å². The Bertz CT molecular complexity index is 1230. The summed E-state index contributed by atoms with van der Waals surface area (Å²) in [4.78, 5) is 37.5. The van der Waals surface area contributed by atoms with Gasteiger partial charge in [0.15, 0.2) is 5.79 Å². The molecular formula is C44H73NO8. The molecule has 2 saturated heterocycles. The Labute approximate surface area is 320 Å². The normalized spacial score (nSPS) is 27.6. The number of aliphatic hydroxyl groups is 3. The van der Waals surface area contributed by atoms with Crippen LogP contribution in [-0.2, 0) is 19.1 Å². The quantitative estimate of drug-likeness (QED) is 0.0809. The number of hydrogen-bond donors (Lipinski definition) is 4. The number of carbonyl (C=O) groups is 3. The molecular weight excluding hydrogens is 670 g/mol. The molecule has 3 rings (SSSR count). The van der Waals surface area contributed by atoms with Gasteiger partial charge in [0, 0.05) is 24.8 Å². The highest BCUT2D eigenvalue weighted by molar-refractivity contribution is 5.84. The Morgan fingerprint density at radius 1 is 0.943 bits per heavy atom. The minimum absolute atomic E-state index is 0.0302. The van der Waals surface area contributed by atoms with Crippen molar-refractivity contribution in [2.24, 2.45) is 23.7 Å². The van der Waals surface area contributed by atoms with Crippen molar-refractivity contribution in [3.63, 3.8) is 0 Å². The lowest BCUT2D eigenvalue weighted by Gasteiger charge is -2.40. The second-order valence-corrected chi connectivity index (χ2v) is 16.2. The number of rotatable bonds is 18. The van der Waals surface area contributed by atoms with Crippen LogP contribution in [0.4, 0.5) is 0 Å². The van der Waals surface area contributed by atoms with Crippen LogP contribution >= 0.6 is 0 Å². The Morgan fingerprint density at radius 3 is 2.32 bits per heavy atom. The van der Waals surface area contributed by atoms with Gasteiger partial charge in [0.2, 0.25) is 5.91 Å². The number of carboxylic acid groups (broad SMARTS) is 1. The van der Waals surface area contributed by atoms with Gasteiger partial charge in [0.05, 0.1) is 25.2 Å². The van der Waals surface area contributed by atoms with Crippen LogP contribution in [0.25, 0.3) is 0 Å². The Kier molecular flexibility index (Phi) is 21.7. The molecule has 0 aromatic rings. The predicted molar refractivity (Wildman–Crippen MR) is 212 cm³/mol. The van der Waals surface area contributed by atoms with E-state index in [1.54, 1.807) is 0 Å². The van der Waals surface area contributed by atoms with Crippen molar-refractivity contribution < 1.29 is 39.5 Å². The van der Waals surface area contributed by atoms with Crippen LogP contribution in [0.3, 0.4) is 0 Å². The summed E-state index contributed by atoms with van der Waals surface area (Å²) in [6, 6.07) is -0.765. The fourth-order valence-corrected chi connectivity index (χ4v) is 7.47. The summed E-state index contributed by atoms with van der Waals surface area (Å²) in [7, 11) is 0. The summed E-state index contributed by atoms with van der Waals surface area (Å²) < 4.78 is 5.40. The summed E-state index contributed by atoms with van der Waals surface area (Å²) in [6.45, 7) is 13.2. The highest BCUT2D eigenvalue weighted by Crippen LogP contribution is 2.33. The summed E-state index contributed by atoms with van der Waals surface area (Å²) in [5, 5.41) is 39.8. The molecule has 6 atom stereocenters. The number of hydrogen-bond acceptors (Lipinski definition) is 7. The van der Waals surface area contributed by atoms with Crippen LogP contribution in [-0.4, -0.2) is 80.2 Å². The van der Waals surface area contributed by atoms with Gasteiger partial charge >= 0.3 is 5.97 Å². The molecule has 302 valence electrons. The van der Waals surface area contributed by atoms with E-state index < -0.39 is 23.9 Å². The van der Waals surface area contributed by atoms with Gasteiger partial charge in [-0.1, -0.05) is 69.7 Å². The highest BCUT2D eigenvalue weighted by Gasteiger charge is 2.42. The number of aliphatic hydroxyl groups excluding tert-OH is 2. The number of carboxylic acids is 1. The van der Waals surface area contributed by atoms with Crippen LogP contribution in [0.2, 0.25) is 0 Å². The maximum absolute atomic E-state index is 12.5. The minimum atomic E-state index is -1.45. The van der Waals surface area contributed by atoms with Crippen molar-refractivity contribution >= 4 is 17.7 Å². The number of piperidine rings is 1. The molecule has 3 aliphatic rings. The maximum Gasteiger partial charge on any atom is 0.326 e. The van der Waals surface area contributed by atoms with Gasteiger partial charge in [-0.05, 0) is 128 Å². The number of aliphatic carboxylic acids is 1. The molecule has 1 saturated carbocycles. The number of carbonyl (C=O) groups excluding carboxylic acids is 2. The average molecular weight is 744 g/mol. The standard InChI is InChI=1S/C30H50O3.C14H23NO5/c1-6-23(2)13-10-8-7-9-11-15-25(4)29(32)22-30(33)26(5)16-12-14-24(3)21-27-17-19-28(31)20-18-27;1-10-5-4-8-20-14(10,19)9-12(16)15-7-3-2-6-11(15)13(17)18/h7-10,13,16,24-25,27-28,30-31,33H,6,11-12,14-15,17-22H2,1-5H3;10-11,19H,2-9H2,1H3,(H,17,18)/b9-7+,10-8+,23-13+,26-16+;/t24-,25?,27?,28?,30?;/m0./s1. The molecule has 1 aliphatic carbocycles. The molecule has 0 bridgehead atoms. The monoisotopic (exact) mass is 744 g/mol. The van der Waals surface area contributed by atoms with Crippen molar-refractivity contribution in [1.82, 2.24) is 4.90 Å². The van der Waals surface area contributed by atoms with E-state index in [2.05, 4.69) is 45.1 Å². The molecule has 3 fully saturated rings. The molecule has 0 radical (unpaired) electrons. The molecule has 9 nitrogen and oxygen atoms in total. The smallest absolute Gasteiger partial charge is 0.326 e. The van der Waals surface area contributed by atoms with E-state index in [0.29, 0.717) is 25.5 Å². The number of ether oxygens (including phenoxy) is 1. The number of likely N-dealkylation sites (tertiary alicyclic amines) is 1. The van der Waals surface area contributed by atoms with Crippen molar-refractivity contribution in [1.29, 1.82) is 0 Å². The summed E-state index contributed by atoms with van der Waals surface area (Å²) in [5.41, 5.74) is 2.28. The molecule has 5 unspecified atom stereocenters. The molecule has 2 heterocycles. The van der Waals surface area contributed by atoms with Gasteiger partial charge in [-0.15, -0.1) is 0 Å². The first-order chi connectivity index (χ1) is 25.2. The summed E-state index contributed by atoms with van der Waals surface area (Å²) >= 11 is 0. The molecule has 9 heteroatoms. The lowest BCUT2D eigenvalue weighted by molar-refractivity contribution is -0.255. The van der Waals surface area contributed by atoms with E-state index in [1.165, 1.54) is 16.9 Å². The zero-order chi connectivity index (χ0) is 39.4. The minimum Gasteiger partial charge on any atom is -0.480 e. The van der Waals surface area contributed by atoms with Gasteiger partial charge in [0.1, 0.15) is 11.8 Å². The zero-order valence-corrected chi connectivity index (χ0v) is 33.8. The largest absolute Gasteiger partial charge is 0.480 e.